The maximum Gasteiger partial charge on any atom is 0.284 e. The first-order chi connectivity index (χ1) is 13.1. The van der Waals surface area contributed by atoms with Crippen molar-refractivity contribution in [3.8, 4) is 17.0 Å². The lowest BCUT2D eigenvalue weighted by atomic mass is 9.94. The predicted molar refractivity (Wildman–Crippen MR) is 99.5 cm³/mol. The van der Waals surface area contributed by atoms with Crippen molar-refractivity contribution in [2.75, 3.05) is 6.61 Å². The second kappa shape index (κ2) is 9.32. The van der Waals surface area contributed by atoms with Crippen molar-refractivity contribution >= 4 is 0 Å². The highest BCUT2D eigenvalue weighted by Crippen LogP contribution is 2.32. The number of pyridine rings is 2. The van der Waals surface area contributed by atoms with Gasteiger partial charge < -0.3 is 10.5 Å². The van der Waals surface area contributed by atoms with Gasteiger partial charge in [-0.3, -0.25) is 4.98 Å². The number of halogens is 4. The van der Waals surface area contributed by atoms with Crippen LogP contribution in [-0.4, -0.2) is 22.1 Å². The number of aromatic nitrogens is 2. The van der Waals surface area contributed by atoms with Gasteiger partial charge in [0.2, 0.25) is 0 Å². The molecule has 4 nitrogen and oxygen atoms in total. The first-order valence-electron chi connectivity index (χ1n) is 9.04. The molecule has 28 heavy (non-hydrogen) atoms. The van der Waals surface area contributed by atoms with E-state index in [9.17, 15) is 17.6 Å². The molecule has 0 aliphatic rings. The third kappa shape index (κ3) is 6.15. The number of rotatable bonds is 9. The average Bonchev–Trinajstić information content (AvgIpc) is 2.65. The number of ether oxygens (including phenoxy) is 1. The molecule has 1 atom stereocenters. The van der Waals surface area contributed by atoms with E-state index < -0.39 is 29.8 Å². The lowest BCUT2D eigenvalue weighted by Gasteiger charge is -2.26. The zero-order valence-corrected chi connectivity index (χ0v) is 16.1. The Bertz CT molecular complexity index is 782. The number of hydrogen-bond acceptors (Lipinski definition) is 4. The second-order valence-electron chi connectivity index (χ2n) is 7.53. The van der Waals surface area contributed by atoms with Crippen molar-refractivity contribution in [2.45, 2.75) is 52.0 Å². The van der Waals surface area contributed by atoms with E-state index in [2.05, 4.69) is 23.8 Å². The summed E-state index contributed by atoms with van der Waals surface area (Å²) in [5.41, 5.74) is 4.95. The quantitative estimate of drug-likeness (QED) is 0.562. The SMILES string of the molecule is CC(C)CCC(C)(N)COc1ccc(-c2ccnc(C(F)F)c2)nc1C(F)F. The van der Waals surface area contributed by atoms with Crippen LogP contribution in [0.3, 0.4) is 0 Å². The van der Waals surface area contributed by atoms with E-state index in [4.69, 9.17) is 10.5 Å². The van der Waals surface area contributed by atoms with E-state index >= 15 is 0 Å². The Morgan fingerprint density at radius 3 is 2.43 bits per heavy atom. The summed E-state index contributed by atoms with van der Waals surface area (Å²) >= 11 is 0. The average molecular weight is 399 g/mol. The van der Waals surface area contributed by atoms with E-state index in [-0.39, 0.29) is 23.6 Å². The van der Waals surface area contributed by atoms with Crippen LogP contribution < -0.4 is 10.5 Å². The van der Waals surface area contributed by atoms with Crippen molar-refractivity contribution in [1.29, 1.82) is 0 Å². The summed E-state index contributed by atoms with van der Waals surface area (Å²) in [7, 11) is 0. The molecule has 0 saturated carbocycles. The number of alkyl halides is 4. The largest absolute Gasteiger partial charge is 0.490 e. The van der Waals surface area contributed by atoms with Gasteiger partial charge in [-0.05, 0) is 49.9 Å². The second-order valence-corrected chi connectivity index (χ2v) is 7.53. The number of nitrogens with two attached hydrogens (primary N) is 1. The van der Waals surface area contributed by atoms with Crippen LogP contribution in [0.5, 0.6) is 5.75 Å². The van der Waals surface area contributed by atoms with Crippen LogP contribution in [-0.2, 0) is 0 Å². The molecule has 2 N–H and O–H groups in total. The Morgan fingerprint density at radius 2 is 1.82 bits per heavy atom. The summed E-state index contributed by atoms with van der Waals surface area (Å²) in [6, 6.07) is 5.39. The molecular formula is C20H25F4N3O. The third-order valence-corrected chi connectivity index (χ3v) is 4.24. The molecular weight excluding hydrogens is 374 g/mol. The van der Waals surface area contributed by atoms with Crippen LogP contribution in [0.25, 0.3) is 11.3 Å². The topological polar surface area (TPSA) is 61.0 Å². The summed E-state index contributed by atoms with van der Waals surface area (Å²) in [5.74, 6) is 0.405. The van der Waals surface area contributed by atoms with Crippen molar-refractivity contribution in [2.24, 2.45) is 11.7 Å². The molecule has 0 aliphatic carbocycles. The highest BCUT2D eigenvalue weighted by Gasteiger charge is 2.23. The van der Waals surface area contributed by atoms with Crippen molar-refractivity contribution in [3.63, 3.8) is 0 Å². The van der Waals surface area contributed by atoms with Gasteiger partial charge in [0.1, 0.15) is 23.7 Å². The van der Waals surface area contributed by atoms with Gasteiger partial charge in [-0.1, -0.05) is 13.8 Å². The van der Waals surface area contributed by atoms with E-state index in [1.165, 1.54) is 24.4 Å². The van der Waals surface area contributed by atoms with Crippen molar-refractivity contribution < 1.29 is 22.3 Å². The normalized spacial score (nSPS) is 14.0. The van der Waals surface area contributed by atoms with Crippen LogP contribution in [0.1, 0.15) is 57.9 Å². The van der Waals surface area contributed by atoms with Gasteiger partial charge in [0.25, 0.3) is 12.9 Å². The van der Waals surface area contributed by atoms with Gasteiger partial charge in [-0.15, -0.1) is 0 Å². The van der Waals surface area contributed by atoms with Gasteiger partial charge in [-0.2, -0.15) is 0 Å². The Morgan fingerprint density at radius 1 is 1.11 bits per heavy atom. The summed E-state index contributed by atoms with van der Waals surface area (Å²) in [5, 5.41) is 0. The predicted octanol–water partition coefficient (Wildman–Crippen LogP) is 5.55. The molecule has 154 valence electrons. The highest BCUT2D eigenvalue weighted by molar-refractivity contribution is 5.60. The molecule has 0 fully saturated rings. The fraction of sp³-hybridized carbons (Fsp3) is 0.500. The minimum absolute atomic E-state index is 0.0608. The monoisotopic (exact) mass is 399 g/mol. The fourth-order valence-electron chi connectivity index (χ4n) is 2.56. The molecule has 0 radical (unpaired) electrons. The summed E-state index contributed by atoms with van der Waals surface area (Å²) in [6.07, 6.45) is -2.87. The molecule has 0 bridgehead atoms. The molecule has 1 unspecified atom stereocenters. The molecule has 8 heteroatoms. The standard InChI is InChI=1S/C20H25F4N3O/c1-12(2)6-8-20(3,25)11-28-16-5-4-14(27-17(16)19(23)24)13-7-9-26-15(10-13)18(21)22/h4-5,7,9-10,12,18-19H,6,8,11,25H2,1-3H3. The third-order valence-electron chi connectivity index (χ3n) is 4.24. The van der Waals surface area contributed by atoms with Crippen molar-refractivity contribution in [3.05, 3.63) is 41.9 Å². The molecule has 2 aromatic rings. The Kier molecular flexibility index (Phi) is 7.35. The first kappa shape index (κ1) is 22.1. The van der Waals surface area contributed by atoms with Crippen LogP contribution in [0.4, 0.5) is 17.6 Å². The molecule has 2 rings (SSSR count). The molecule has 0 spiro atoms. The van der Waals surface area contributed by atoms with Gasteiger partial charge in [0, 0.05) is 17.3 Å². The molecule has 0 saturated heterocycles. The Hall–Kier alpha value is -2.22. The molecule has 2 aromatic heterocycles. The maximum atomic E-state index is 13.5. The van der Waals surface area contributed by atoms with Crippen LogP contribution in [0.2, 0.25) is 0 Å². The van der Waals surface area contributed by atoms with Gasteiger partial charge in [0.05, 0.1) is 5.69 Å². The fourth-order valence-corrected chi connectivity index (χ4v) is 2.56. The zero-order chi connectivity index (χ0) is 20.9. The maximum absolute atomic E-state index is 13.5. The van der Waals surface area contributed by atoms with E-state index in [0.717, 1.165) is 12.5 Å². The minimum Gasteiger partial charge on any atom is -0.490 e. The smallest absolute Gasteiger partial charge is 0.284 e. The van der Waals surface area contributed by atoms with Gasteiger partial charge >= 0.3 is 0 Å². The molecule has 0 aromatic carbocycles. The van der Waals surface area contributed by atoms with E-state index in [1.807, 2.05) is 6.92 Å². The number of nitrogens with zero attached hydrogens (tertiary/aromatic N) is 2. The molecule has 0 amide bonds. The minimum atomic E-state index is -2.88. The van der Waals surface area contributed by atoms with E-state index in [1.54, 1.807) is 0 Å². The Labute approximate surface area is 162 Å². The van der Waals surface area contributed by atoms with Crippen LogP contribution in [0.15, 0.2) is 30.5 Å². The Balaban J connectivity index is 2.22. The van der Waals surface area contributed by atoms with Crippen LogP contribution in [0, 0.1) is 5.92 Å². The highest BCUT2D eigenvalue weighted by atomic mass is 19.3. The lowest BCUT2D eigenvalue weighted by Crippen LogP contribution is -2.42. The number of hydrogen-bond donors (Lipinski definition) is 1. The molecule has 2 heterocycles. The van der Waals surface area contributed by atoms with Gasteiger partial charge in [0.15, 0.2) is 0 Å². The summed E-state index contributed by atoms with van der Waals surface area (Å²) in [6.45, 7) is 6.02. The summed E-state index contributed by atoms with van der Waals surface area (Å²) < 4.78 is 58.2. The van der Waals surface area contributed by atoms with Gasteiger partial charge in [-0.25, -0.2) is 22.5 Å². The van der Waals surface area contributed by atoms with Crippen molar-refractivity contribution in [1.82, 2.24) is 9.97 Å². The van der Waals surface area contributed by atoms with E-state index in [0.29, 0.717) is 12.3 Å². The molecule has 0 aliphatic heterocycles. The first-order valence-corrected chi connectivity index (χ1v) is 9.04. The lowest BCUT2D eigenvalue weighted by molar-refractivity contribution is 0.135. The van der Waals surface area contributed by atoms with Crippen LogP contribution >= 0.6 is 0 Å². The summed E-state index contributed by atoms with van der Waals surface area (Å²) in [4.78, 5) is 7.49. The zero-order valence-electron chi connectivity index (χ0n) is 16.1.